The smallest absolute Gasteiger partial charge is 0.224 e. The summed E-state index contributed by atoms with van der Waals surface area (Å²) in [6, 6.07) is 7.61. The normalized spacial score (nSPS) is 17.6. The van der Waals surface area contributed by atoms with Crippen LogP contribution in [0.5, 0.6) is 0 Å². The highest BCUT2D eigenvalue weighted by Gasteiger charge is 2.27. The molecule has 24 heavy (non-hydrogen) atoms. The molecule has 0 radical (unpaired) electrons. The Morgan fingerprint density at radius 1 is 1.33 bits per heavy atom. The molecule has 1 unspecified atom stereocenters. The number of thioether (sulfide) groups is 1. The van der Waals surface area contributed by atoms with Crippen LogP contribution in [-0.4, -0.2) is 48.6 Å². The van der Waals surface area contributed by atoms with Crippen molar-refractivity contribution in [1.29, 1.82) is 0 Å². The number of piperidine rings is 1. The topological polar surface area (TPSA) is 75.4 Å². The molecule has 0 aromatic heterocycles. The first kappa shape index (κ1) is 19.1. The van der Waals surface area contributed by atoms with Gasteiger partial charge in [-0.3, -0.25) is 9.59 Å². The SMILES string of the molecule is NCCNC(=O)C1CCCN(C(=O)CCSc2ccc(Cl)cc2)C1. The molecule has 7 heteroatoms. The van der Waals surface area contributed by atoms with Crippen molar-refractivity contribution in [2.24, 2.45) is 11.7 Å². The van der Waals surface area contributed by atoms with Crippen LogP contribution in [0.3, 0.4) is 0 Å². The molecule has 132 valence electrons. The van der Waals surface area contributed by atoms with Crippen LogP contribution < -0.4 is 11.1 Å². The van der Waals surface area contributed by atoms with Gasteiger partial charge in [0.25, 0.3) is 0 Å². The fourth-order valence-electron chi connectivity index (χ4n) is 2.70. The first-order chi connectivity index (χ1) is 11.6. The number of halogens is 1. The minimum Gasteiger partial charge on any atom is -0.355 e. The summed E-state index contributed by atoms with van der Waals surface area (Å²) in [6.45, 7) is 2.18. The number of benzene rings is 1. The summed E-state index contributed by atoms with van der Waals surface area (Å²) < 4.78 is 0. The van der Waals surface area contributed by atoms with Gasteiger partial charge in [0.05, 0.1) is 5.92 Å². The molecule has 0 aliphatic carbocycles. The number of carbonyl (C=O) groups is 2. The Labute approximate surface area is 152 Å². The second kappa shape index (κ2) is 9.91. The molecule has 1 heterocycles. The molecule has 1 atom stereocenters. The lowest BCUT2D eigenvalue weighted by molar-refractivity contribution is -0.135. The summed E-state index contributed by atoms with van der Waals surface area (Å²) in [7, 11) is 0. The first-order valence-electron chi connectivity index (χ1n) is 8.24. The molecule has 1 fully saturated rings. The lowest BCUT2D eigenvalue weighted by atomic mass is 9.97. The third-order valence-electron chi connectivity index (χ3n) is 3.99. The van der Waals surface area contributed by atoms with Crippen molar-refractivity contribution >= 4 is 35.2 Å². The number of rotatable bonds is 7. The Kier molecular flexibility index (Phi) is 7.88. The quantitative estimate of drug-likeness (QED) is 0.722. The Bertz CT molecular complexity index is 553. The zero-order chi connectivity index (χ0) is 17.4. The number of hydrogen-bond acceptors (Lipinski definition) is 4. The highest BCUT2D eigenvalue weighted by molar-refractivity contribution is 7.99. The van der Waals surface area contributed by atoms with E-state index in [-0.39, 0.29) is 17.7 Å². The summed E-state index contributed by atoms with van der Waals surface area (Å²) in [5, 5.41) is 3.52. The molecule has 1 aromatic rings. The second-order valence-corrected chi connectivity index (χ2v) is 7.42. The number of hydrogen-bond donors (Lipinski definition) is 2. The van der Waals surface area contributed by atoms with E-state index >= 15 is 0 Å². The lowest BCUT2D eigenvalue weighted by Crippen LogP contribution is -2.46. The van der Waals surface area contributed by atoms with Crippen LogP contribution in [0.4, 0.5) is 0 Å². The monoisotopic (exact) mass is 369 g/mol. The van der Waals surface area contributed by atoms with Crippen LogP contribution in [-0.2, 0) is 9.59 Å². The summed E-state index contributed by atoms with van der Waals surface area (Å²) in [5.41, 5.74) is 5.40. The maximum atomic E-state index is 12.4. The zero-order valence-corrected chi connectivity index (χ0v) is 15.2. The van der Waals surface area contributed by atoms with E-state index in [1.165, 1.54) is 0 Å². The van der Waals surface area contributed by atoms with Crippen LogP contribution in [0.25, 0.3) is 0 Å². The van der Waals surface area contributed by atoms with Crippen molar-refractivity contribution in [3.63, 3.8) is 0 Å². The van der Waals surface area contributed by atoms with E-state index in [1.54, 1.807) is 11.8 Å². The molecular weight excluding hydrogens is 346 g/mol. The molecule has 5 nitrogen and oxygen atoms in total. The molecule has 2 rings (SSSR count). The van der Waals surface area contributed by atoms with Gasteiger partial charge < -0.3 is 16.0 Å². The van der Waals surface area contributed by atoms with Gasteiger partial charge in [-0.2, -0.15) is 0 Å². The summed E-state index contributed by atoms with van der Waals surface area (Å²) in [4.78, 5) is 27.3. The van der Waals surface area contributed by atoms with Gasteiger partial charge in [0, 0.05) is 48.3 Å². The van der Waals surface area contributed by atoms with E-state index in [1.807, 2.05) is 29.2 Å². The number of nitrogens with one attached hydrogen (secondary N) is 1. The van der Waals surface area contributed by atoms with Crippen molar-refractivity contribution in [2.75, 3.05) is 31.9 Å². The Morgan fingerprint density at radius 2 is 2.08 bits per heavy atom. The van der Waals surface area contributed by atoms with E-state index in [9.17, 15) is 9.59 Å². The van der Waals surface area contributed by atoms with Crippen molar-refractivity contribution in [1.82, 2.24) is 10.2 Å². The first-order valence-corrected chi connectivity index (χ1v) is 9.60. The average molecular weight is 370 g/mol. The molecular formula is C17H24ClN3O2S. The summed E-state index contributed by atoms with van der Waals surface area (Å²) >= 11 is 7.50. The van der Waals surface area contributed by atoms with Crippen LogP contribution in [0.15, 0.2) is 29.2 Å². The fourth-order valence-corrected chi connectivity index (χ4v) is 3.67. The second-order valence-electron chi connectivity index (χ2n) is 5.81. The van der Waals surface area contributed by atoms with Gasteiger partial charge in [-0.15, -0.1) is 11.8 Å². The average Bonchev–Trinajstić information content (AvgIpc) is 2.61. The van der Waals surface area contributed by atoms with Gasteiger partial charge >= 0.3 is 0 Å². The van der Waals surface area contributed by atoms with Gasteiger partial charge in [0.1, 0.15) is 0 Å². The van der Waals surface area contributed by atoms with E-state index < -0.39 is 0 Å². The summed E-state index contributed by atoms with van der Waals surface area (Å²) in [5.74, 6) is 0.737. The number of likely N-dealkylation sites (tertiary alicyclic amines) is 1. The molecule has 1 aliphatic rings. The van der Waals surface area contributed by atoms with Crippen LogP contribution >= 0.6 is 23.4 Å². The van der Waals surface area contributed by atoms with Crippen LogP contribution in [0.2, 0.25) is 5.02 Å². The minimum absolute atomic E-state index is 0.00786. The Balaban J connectivity index is 1.75. The number of carbonyl (C=O) groups excluding carboxylic acids is 2. The standard InChI is InChI=1S/C17H24ClN3O2S/c18-14-3-5-15(6-4-14)24-11-7-16(22)21-10-1-2-13(12-21)17(23)20-9-8-19/h3-6,13H,1-2,7-12,19H2,(H,20,23). The van der Waals surface area contributed by atoms with E-state index in [0.29, 0.717) is 31.1 Å². The van der Waals surface area contributed by atoms with Crippen molar-refractivity contribution < 1.29 is 9.59 Å². The third-order valence-corrected chi connectivity index (χ3v) is 5.25. The van der Waals surface area contributed by atoms with E-state index in [0.717, 1.165) is 30.0 Å². The van der Waals surface area contributed by atoms with Gasteiger partial charge in [0.2, 0.25) is 11.8 Å². The van der Waals surface area contributed by atoms with Crippen LogP contribution in [0, 0.1) is 5.92 Å². The molecule has 0 saturated carbocycles. The highest BCUT2D eigenvalue weighted by atomic mass is 35.5. The maximum Gasteiger partial charge on any atom is 0.224 e. The molecule has 1 aromatic carbocycles. The van der Waals surface area contributed by atoms with E-state index in [4.69, 9.17) is 17.3 Å². The van der Waals surface area contributed by atoms with Crippen LogP contribution in [0.1, 0.15) is 19.3 Å². The summed E-state index contributed by atoms with van der Waals surface area (Å²) in [6.07, 6.45) is 2.18. The number of amides is 2. The van der Waals surface area contributed by atoms with Crippen molar-refractivity contribution in [3.05, 3.63) is 29.3 Å². The number of nitrogens with two attached hydrogens (primary N) is 1. The highest BCUT2D eigenvalue weighted by Crippen LogP contribution is 2.22. The van der Waals surface area contributed by atoms with Crippen molar-refractivity contribution in [3.8, 4) is 0 Å². The molecule has 1 aliphatic heterocycles. The Hall–Kier alpha value is -1.24. The molecule has 1 saturated heterocycles. The van der Waals surface area contributed by atoms with Crippen molar-refractivity contribution in [2.45, 2.75) is 24.2 Å². The van der Waals surface area contributed by atoms with Gasteiger partial charge in [-0.1, -0.05) is 11.6 Å². The maximum absolute atomic E-state index is 12.4. The fraction of sp³-hybridized carbons (Fsp3) is 0.529. The number of nitrogens with zero attached hydrogens (tertiary/aromatic N) is 1. The molecule has 2 amide bonds. The molecule has 0 bridgehead atoms. The third kappa shape index (κ3) is 6.00. The molecule has 3 N–H and O–H groups in total. The largest absolute Gasteiger partial charge is 0.355 e. The molecule has 0 spiro atoms. The lowest BCUT2D eigenvalue weighted by Gasteiger charge is -2.32. The van der Waals surface area contributed by atoms with Gasteiger partial charge in [-0.05, 0) is 37.1 Å². The predicted octanol–water partition coefficient (Wildman–Crippen LogP) is 2.14. The minimum atomic E-state index is -0.113. The zero-order valence-electron chi connectivity index (χ0n) is 13.7. The predicted molar refractivity (Wildman–Crippen MR) is 98.2 cm³/mol. The van der Waals surface area contributed by atoms with E-state index in [2.05, 4.69) is 5.32 Å². The Morgan fingerprint density at radius 3 is 2.79 bits per heavy atom. The van der Waals surface area contributed by atoms with Gasteiger partial charge in [-0.25, -0.2) is 0 Å². The van der Waals surface area contributed by atoms with Gasteiger partial charge in [0.15, 0.2) is 0 Å².